The Hall–Kier alpha value is -1.51. The number of nitrogens with zero attached hydrogens (tertiary/aromatic N) is 3. The van der Waals surface area contributed by atoms with Crippen LogP contribution in [0.4, 0.5) is 0 Å². The maximum atomic E-state index is 9.97. The summed E-state index contributed by atoms with van der Waals surface area (Å²) in [5, 5.41) is 13.4. The van der Waals surface area contributed by atoms with Gasteiger partial charge in [0.05, 0.1) is 6.10 Å². The van der Waals surface area contributed by atoms with Crippen LogP contribution in [0.3, 0.4) is 0 Å². The summed E-state index contributed by atoms with van der Waals surface area (Å²) >= 11 is 0. The fourth-order valence-corrected chi connectivity index (χ4v) is 1.85. The molecule has 2 unspecified atom stereocenters. The van der Waals surface area contributed by atoms with Crippen molar-refractivity contribution in [2.24, 2.45) is 5.11 Å². The highest BCUT2D eigenvalue weighted by molar-refractivity contribution is 5.26. The number of azide groups is 1. The Balaban J connectivity index is 2.53. The number of aliphatic hydroxyl groups excluding tert-OH is 1. The molecule has 0 aliphatic rings. The third kappa shape index (κ3) is 4.40. The van der Waals surface area contributed by atoms with E-state index in [0.29, 0.717) is 25.3 Å². The van der Waals surface area contributed by atoms with Gasteiger partial charge >= 0.3 is 0 Å². The molecular weight excluding hydrogens is 226 g/mol. The molecule has 1 aromatic rings. The second-order valence-electron chi connectivity index (χ2n) is 4.59. The summed E-state index contributed by atoms with van der Waals surface area (Å²) in [5.41, 5.74) is 10.4. The first kappa shape index (κ1) is 14.6. The highest BCUT2D eigenvalue weighted by atomic mass is 16.3. The van der Waals surface area contributed by atoms with Gasteiger partial charge in [0, 0.05) is 11.5 Å². The zero-order chi connectivity index (χ0) is 13.4. The first-order valence-corrected chi connectivity index (χ1v) is 6.47. The summed E-state index contributed by atoms with van der Waals surface area (Å²) in [6.07, 6.45) is 1.98. The van der Waals surface area contributed by atoms with Crippen molar-refractivity contribution in [1.82, 2.24) is 0 Å². The molecule has 18 heavy (non-hydrogen) atoms. The van der Waals surface area contributed by atoms with Crippen molar-refractivity contribution in [2.45, 2.75) is 45.1 Å². The standard InChI is InChI=1S/C14H21N3O/c1-3-11(2)12-6-8-13(9-7-12)14(18)5-4-10-16-17-15/h6-9,11,14,18H,3-5,10H2,1-2H3. The van der Waals surface area contributed by atoms with Gasteiger partial charge in [0.15, 0.2) is 0 Å². The highest BCUT2D eigenvalue weighted by Gasteiger charge is 2.08. The van der Waals surface area contributed by atoms with Crippen LogP contribution in [0.2, 0.25) is 0 Å². The molecule has 98 valence electrons. The third-order valence-electron chi connectivity index (χ3n) is 3.30. The van der Waals surface area contributed by atoms with E-state index < -0.39 is 6.10 Å². The van der Waals surface area contributed by atoms with Gasteiger partial charge in [-0.15, -0.1) is 0 Å². The monoisotopic (exact) mass is 247 g/mol. The van der Waals surface area contributed by atoms with Crippen molar-refractivity contribution in [1.29, 1.82) is 0 Å². The molecule has 2 atom stereocenters. The number of benzene rings is 1. The van der Waals surface area contributed by atoms with Crippen molar-refractivity contribution in [3.05, 3.63) is 45.8 Å². The molecule has 1 aromatic carbocycles. The summed E-state index contributed by atoms with van der Waals surface area (Å²) in [4.78, 5) is 2.69. The lowest BCUT2D eigenvalue weighted by atomic mass is 9.96. The predicted molar refractivity (Wildman–Crippen MR) is 73.4 cm³/mol. The summed E-state index contributed by atoms with van der Waals surface area (Å²) in [6.45, 7) is 4.81. The molecule has 0 saturated carbocycles. The molecule has 4 heteroatoms. The van der Waals surface area contributed by atoms with E-state index in [-0.39, 0.29) is 0 Å². The lowest BCUT2D eigenvalue weighted by Gasteiger charge is -2.13. The van der Waals surface area contributed by atoms with Gasteiger partial charge in [-0.05, 0) is 41.8 Å². The zero-order valence-electron chi connectivity index (χ0n) is 11.1. The normalized spacial score (nSPS) is 13.7. The van der Waals surface area contributed by atoms with Gasteiger partial charge < -0.3 is 5.11 Å². The van der Waals surface area contributed by atoms with Crippen LogP contribution in [-0.4, -0.2) is 11.7 Å². The van der Waals surface area contributed by atoms with Gasteiger partial charge in [0.1, 0.15) is 0 Å². The number of hydrogen-bond donors (Lipinski definition) is 1. The van der Waals surface area contributed by atoms with Crippen molar-refractivity contribution < 1.29 is 5.11 Å². The fourth-order valence-electron chi connectivity index (χ4n) is 1.85. The lowest BCUT2D eigenvalue weighted by molar-refractivity contribution is 0.165. The molecule has 0 aliphatic carbocycles. The maximum absolute atomic E-state index is 9.97. The summed E-state index contributed by atoms with van der Waals surface area (Å²) < 4.78 is 0. The molecule has 0 fully saturated rings. The SMILES string of the molecule is CCC(C)c1ccc(C(O)CCCN=[N+]=[N-])cc1. The van der Waals surface area contributed by atoms with Gasteiger partial charge in [0.2, 0.25) is 0 Å². The Morgan fingerprint density at radius 2 is 1.89 bits per heavy atom. The van der Waals surface area contributed by atoms with Gasteiger partial charge in [-0.3, -0.25) is 0 Å². The molecule has 1 rings (SSSR count). The molecule has 4 nitrogen and oxygen atoms in total. The van der Waals surface area contributed by atoms with Crippen LogP contribution in [0.25, 0.3) is 10.4 Å². The Labute approximate surface area is 108 Å². The topological polar surface area (TPSA) is 69.0 Å². The summed E-state index contributed by atoms with van der Waals surface area (Å²) in [6, 6.07) is 8.14. The van der Waals surface area contributed by atoms with Crippen molar-refractivity contribution in [2.75, 3.05) is 6.54 Å². The van der Waals surface area contributed by atoms with Gasteiger partial charge in [-0.25, -0.2) is 0 Å². The zero-order valence-corrected chi connectivity index (χ0v) is 11.1. The minimum atomic E-state index is -0.468. The van der Waals surface area contributed by atoms with Crippen molar-refractivity contribution in [3.63, 3.8) is 0 Å². The van der Waals surface area contributed by atoms with E-state index in [1.807, 2.05) is 12.1 Å². The van der Waals surface area contributed by atoms with Crippen LogP contribution in [0, 0.1) is 0 Å². The molecule has 0 bridgehead atoms. The van der Waals surface area contributed by atoms with Gasteiger partial charge in [0.25, 0.3) is 0 Å². The minimum absolute atomic E-state index is 0.443. The van der Waals surface area contributed by atoms with E-state index in [1.54, 1.807) is 0 Å². The maximum Gasteiger partial charge on any atom is 0.0790 e. The minimum Gasteiger partial charge on any atom is -0.388 e. The molecule has 0 aromatic heterocycles. The molecule has 0 aliphatic heterocycles. The van der Waals surface area contributed by atoms with E-state index in [0.717, 1.165) is 12.0 Å². The first-order valence-electron chi connectivity index (χ1n) is 6.47. The Kier molecular flexibility index (Phi) is 6.26. The van der Waals surface area contributed by atoms with Crippen LogP contribution in [-0.2, 0) is 0 Å². The fraction of sp³-hybridized carbons (Fsp3) is 0.571. The Morgan fingerprint density at radius 3 is 2.44 bits per heavy atom. The van der Waals surface area contributed by atoms with E-state index in [4.69, 9.17) is 5.53 Å². The predicted octanol–water partition coefficient (Wildman–Crippen LogP) is 4.32. The van der Waals surface area contributed by atoms with E-state index >= 15 is 0 Å². The Morgan fingerprint density at radius 1 is 1.28 bits per heavy atom. The smallest absolute Gasteiger partial charge is 0.0790 e. The quantitative estimate of drug-likeness (QED) is 0.331. The van der Waals surface area contributed by atoms with Crippen LogP contribution < -0.4 is 0 Å². The second kappa shape index (κ2) is 7.75. The average Bonchev–Trinajstić information content (AvgIpc) is 2.42. The molecular formula is C14H21N3O. The molecule has 1 N–H and O–H groups in total. The second-order valence-corrected chi connectivity index (χ2v) is 4.59. The third-order valence-corrected chi connectivity index (χ3v) is 3.30. The molecule has 0 heterocycles. The average molecular weight is 247 g/mol. The van der Waals surface area contributed by atoms with Crippen molar-refractivity contribution in [3.8, 4) is 0 Å². The largest absolute Gasteiger partial charge is 0.388 e. The number of aliphatic hydroxyl groups is 1. The van der Waals surface area contributed by atoms with Gasteiger partial charge in [-0.1, -0.05) is 43.2 Å². The molecule has 0 amide bonds. The summed E-state index contributed by atoms with van der Waals surface area (Å²) in [5.74, 6) is 0.557. The number of rotatable bonds is 7. The Bertz CT molecular complexity index is 396. The van der Waals surface area contributed by atoms with Gasteiger partial charge in [-0.2, -0.15) is 0 Å². The van der Waals surface area contributed by atoms with E-state index in [1.165, 1.54) is 5.56 Å². The van der Waals surface area contributed by atoms with Crippen LogP contribution in [0.1, 0.15) is 56.3 Å². The van der Waals surface area contributed by atoms with Crippen LogP contribution in [0.15, 0.2) is 29.4 Å². The molecule has 0 spiro atoms. The van der Waals surface area contributed by atoms with Crippen molar-refractivity contribution >= 4 is 0 Å². The molecule has 0 radical (unpaired) electrons. The van der Waals surface area contributed by atoms with E-state index in [9.17, 15) is 5.11 Å². The lowest BCUT2D eigenvalue weighted by Crippen LogP contribution is -1.99. The van der Waals surface area contributed by atoms with E-state index in [2.05, 4.69) is 36.0 Å². The van der Waals surface area contributed by atoms with Crippen LogP contribution >= 0.6 is 0 Å². The first-order chi connectivity index (χ1) is 8.69. The molecule has 0 saturated heterocycles. The van der Waals surface area contributed by atoms with Crippen LogP contribution in [0.5, 0.6) is 0 Å². The highest BCUT2D eigenvalue weighted by Crippen LogP contribution is 2.23. The number of hydrogen-bond acceptors (Lipinski definition) is 2. The summed E-state index contributed by atoms with van der Waals surface area (Å²) in [7, 11) is 0.